The van der Waals surface area contributed by atoms with Crippen molar-refractivity contribution in [1.82, 2.24) is 9.88 Å². The highest BCUT2D eigenvalue weighted by Crippen LogP contribution is 2.39. The number of benzene rings is 3. The van der Waals surface area contributed by atoms with Crippen molar-refractivity contribution in [2.24, 2.45) is 5.41 Å². The SMILES string of the molecule is C[B]c1ccc2[nH]c3c(c2c1)CCN(C(=O)Oc1ccc(Cl)cc1)C3c1ccc(OCC(CC)(CO)CO)cc1. The highest BCUT2D eigenvalue weighted by atomic mass is 35.5. The fraction of sp³-hybridized carbons (Fsp3) is 0.323. The summed E-state index contributed by atoms with van der Waals surface area (Å²) in [6.07, 6.45) is 0.834. The normalized spacial score (nSPS) is 15.1. The Labute approximate surface area is 239 Å². The summed E-state index contributed by atoms with van der Waals surface area (Å²) >= 11 is 6.01. The molecule has 0 fully saturated rings. The first kappa shape index (κ1) is 28.1. The number of nitrogens with one attached hydrogen (secondary N) is 1. The molecule has 1 radical (unpaired) electrons. The molecule has 4 aromatic rings. The Balaban J connectivity index is 1.48. The van der Waals surface area contributed by atoms with E-state index in [0.717, 1.165) is 27.6 Å². The first-order valence-corrected chi connectivity index (χ1v) is 13.9. The third-order valence-electron chi connectivity index (χ3n) is 7.90. The molecule has 1 amide bonds. The van der Waals surface area contributed by atoms with Gasteiger partial charge in [-0.15, -0.1) is 0 Å². The number of ether oxygens (including phenoxy) is 2. The number of aliphatic hydroxyl groups excluding tert-OH is 2. The van der Waals surface area contributed by atoms with Crippen LogP contribution in [0.2, 0.25) is 11.8 Å². The summed E-state index contributed by atoms with van der Waals surface area (Å²) in [7, 11) is 2.08. The molecule has 0 saturated heterocycles. The van der Waals surface area contributed by atoms with Crippen LogP contribution in [0.4, 0.5) is 4.79 Å². The maximum absolute atomic E-state index is 13.5. The maximum atomic E-state index is 13.5. The van der Waals surface area contributed by atoms with Gasteiger partial charge in [0.25, 0.3) is 0 Å². The smallest absolute Gasteiger partial charge is 0.416 e. The number of aromatic amines is 1. The van der Waals surface area contributed by atoms with Crippen LogP contribution >= 0.6 is 11.6 Å². The van der Waals surface area contributed by atoms with E-state index >= 15 is 0 Å². The van der Waals surface area contributed by atoms with Gasteiger partial charge in [-0.05, 0) is 66.4 Å². The van der Waals surface area contributed by atoms with Gasteiger partial charge < -0.3 is 24.7 Å². The van der Waals surface area contributed by atoms with E-state index in [1.165, 1.54) is 5.56 Å². The fourth-order valence-electron chi connectivity index (χ4n) is 5.14. The number of H-pyrrole nitrogens is 1. The van der Waals surface area contributed by atoms with Crippen LogP contribution in [-0.4, -0.2) is 59.8 Å². The minimum Gasteiger partial charge on any atom is -0.493 e. The van der Waals surface area contributed by atoms with Gasteiger partial charge in [-0.25, -0.2) is 4.79 Å². The predicted molar refractivity (Wildman–Crippen MR) is 158 cm³/mol. The molecule has 207 valence electrons. The Morgan fingerprint density at radius 2 is 1.77 bits per heavy atom. The molecule has 0 spiro atoms. The topological polar surface area (TPSA) is 95.0 Å². The number of aliphatic hydroxyl groups is 2. The van der Waals surface area contributed by atoms with Crippen LogP contribution in [-0.2, 0) is 6.42 Å². The number of hydrogen-bond acceptors (Lipinski definition) is 5. The third-order valence-corrected chi connectivity index (χ3v) is 8.15. The number of carbonyl (C=O) groups is 1. The zero-order valence-electron chi connectivity index (χ0n) is 22.7. The largest absolute Gasteiger partial charge is 0.493 e. The van der Waals surface area contributed by atoms with Crippen LogP contribution in [0.5, 0.6) is 11.5 Å². The predicted octanol–water partition coefficient (Wildman–Crippen LogP) is 5.11. The van der Waals surface area contributed by atoms with Crippen molar-refractivity contribution in [3.05, 3.63) is 88.6 Å². The standard InChI is InChI=1S/C31H33BClN2O5/c1-3-31(17-36,18-37)19-39-23-9-4-20(5-10-23)29-28-25(26-16-21(32-2)6-13-27(26)34-28)14-15-35(29)30(38)40-24-11-7-22(33)8-12-24/h4-13,16,29,34,36-37H,3,14-15,17-19H2,1-2H3. The number of carbonyl (C=O) groups excluding carboxylic acids is 1. The van der Waals surface area contributed by atoms with Gasteiger partial charge in [-0.2, -0.15) is 0 Å². The minimum atomic E-state index is -0.696. The Morgan fingerprint density at radius 1 is 1.07 bits per heavy atom. The number of aromatic nitrogens is 1. The van der Waals surface area contributed by atoms with Gasteiger partial charge in [0.15, 0.2) is 0 Å². The zero-order valence-corrected chi connectivity index (χ0v) is 23.4. The van der Waals surface area contributed by atoms with Crippen molar-refractivity contribution in [3.8, 4) is 11.5 Å². The van der Waals surface area contributed by atoms with E-state index in [2.05, 4.69) is 30.5 Å². The average molecular weight is 560 g/mol. The Bertz CT molecular complexity index is 1460. The summed E-state index contributed by atoms with van der Waals surface area (Å²) in [4.78, 5) is 18.9. The van der Waals surface area contributed by atoms with E-state index in [4.69, 9.17) is 21.1 Å². The van der Waals surface area contributed by atoms with Gasteiger partial charge >= 0.3 is 6.09 Å². The number of nitrogens with zero attached hydrogens (tertiary/aromatic N) is 1. The highest BCUT2D eigenvalue weighted by molar-refractivity contribution is 6.52. The number of halogens is 1. The molecule has 5 rings (SSSR count). The van der Waals surface area contributed by atoms with Crippen molar-refractivity contribution in [2.45, 2.75) is 32.6 Å². The van der Waals surface area contributed by atoms with Gasteiger partial charge in [-0.3, -0.25) is 4.90 Å². The van der Waals surface area contributed by atoms with Crippen molar-refractivity contribution in [2.75, 3.05) is 26.4 Å². The number of fused-ring (bicyclic) bond motifs is 3. The number of amides is 1. The quantitative estimate of drug-likeness (QED) is 0.248. The lowest BCUT2D eigenvalue weighted by molar-refractivity contribution is 0.0114. The first-order valence-electron chi connectivity index (χ1n) is 13.5. The van der Waals surface area contributed by atoms with E-state index < -0.39 is 17.6 Å². The Morgan fingerprint density at radius 3 is 2.42 bits per heavy atom. The molecule has 9 heteroatoms. The summed E-state index contributed by atoms with van der Waals surface area (Å²) in [6, 6.07) is 20.3. The first-order chi connectivity index (χ1) is 19.4. The minimum absolute atomic E-state index is 0.161. The molecule has 0 saturated carbocycles. The van der Waals surface area contributed by atoms with Crippen molar-refractivity contribution < 1.29 is 24.5 Å². The summed E-state index contributed by atoms with van der Waals surface area (Å²) in [5.74, 6) is 1.05. The van der Waals surface area contributed by atoms with E-state index in [9.17, 15) is 15.0 Å². The lowest BCUT2D eigenvalue weighted by atomic mass is 9.73. The molecule has 7 nitrogen and oxygen atoms in total. The maximum Gasteiger partial charge on any atom is 0.416 e. The van der Waals surface area contributed by atoms with Gasteiger partial charge in [0.2, 0.25) is 0 Å². The van der Waals surface area contributed by atoms with E-state index in [0.29, 0.717) is 35.9 Å². The molecule has 0 bridgehead atoms. The van der Waals surface area contributed by atoms with Gasteiger partial charge in [0.05, 0.1) is 25.2 Å². The van der Waals surface area contributed by atoms with Gasteiger partial charge in [0.1, 0.15) is 24.8 Å². The molecular weight excluding hydrogens is 527 g/mol. The summed E-state index contributed by atoms with van der Waals surface area (Å²) in [6.45, 7) is 4.30. The summed E-state index contributed by atoms with van der Waals surface area (Å²) in [5, 5.41) is 21.2. The van der Waals surface area contributed by atoms with Crippen molar-refractivity contribution in [3.63, 3.8) is 0 Å². The van der Waals surface area contributed by atoms with Crippen LogP contribution in [0.1, 0.15) is 36.2 Å². The number of hydrogen-bond donors (Lipinski definition) is 3. The van der Waals surface area contributed by atoms with Crippen LogP contribution in [0, 0.1) is 5.41 Å². The fourth-order valence-corrected chi connectivity index (χ4v) is 5.27. The molecule has 0 aliphatic carbocycles. The molecule has 1 atom stereocenters. The van der Waals surface area contributed by atoms with Gasteiger partial charge in [-0.1, -0.05) is 55.1 Å². The molecule has 1 aliphatic rings. The van der Waals surface area contributed by atoms with Crippen LogP contribution in [0.3, 0.4) is 0 Å². The second kappa shape index (κ2) is 12.0. The highest BCUT2D eigenvalue weighted by Gasteiger charge is 2.36. The van der Waals surface area contributed by atoms with Crippen molar-refractivity contribution >= 4 is 41.3 Å². The molecule has 1 unspecified atom stereocenters. The molecule has 3 aromatic carbocycles. The molecular formula is C31H33BClN2O5. The monoisotopic (exact) mass is 559 g/mol. The van der Waals surface area contributed by atoms with E-state index in [1.54, 1.807) is 29.2 Å². The molecule has 2 heterocycles. The lowest BCUT2D eigenvalue weighted by Gasteiger charge is -2.35. The molecule has 40 heavy (non-hydrogen) atoms. The second-order valence-corrected chi connectivity index (χ2v) is 10.7. The van der Waals surface area contributed by atoms with E-state index in [1.807, 2.05) is 38.0 Å². The third kappa shape index (κ3) is 5.57. The van der Waals surface area contributed by atoms with Gasteiger partial charge in [0, 0.05) is 28.2 Å². The summed E-state index contributed by atoms with van der Waals surface area (Å²) in [5.41, 5.74) is 4.53. The van der Waals surface area contributed by atoms with Crippen LogP contribution in [0.25, 0.3) is 10.9 Å². The average Bonchev–Trinajstić information content (AvgIpc) is 3.37. The van der Waals surface area contributed by atoms with E-state index in [-0.39, 0.29) is 19.8 Å². The second-order valence-electron chi connectivity index (χ2n) is 10.3. The van der Waals surface area contributed by atoms with Crippen LogP contribution < -0.4 is 14.9 Å². The molecule has 1 aliphatic heterocycles. The zero-order chi connectivity index (χ0) is 28.3. The molecule has 1 aromatic heterocycles. The summed E-state index contributed by atoms with van der Waals surface area (Å²) < 4.78 is 11.7. The van der Waals surface area contributed by atoms with Crippen LogP contribution in [0.15, 0.2) is 66.7 Å². The lowest BCUT2D eigenvalue weighted by Crippen LogP contribution is -2.42. The van der Waals surface area contributed by atoms with Crippen molar-refractivity contribution in [1.29, 1.82) is 0 Å². The molecule has 3 N–H and O–H groups in total. The Kier molecular flexibility index (Phi) is 8.40. The Hall–Kier alpha value is -3.46. The number of rotatable bonds is 9.